The summed E-state index contributed by atoms with van der Waals surface area (Å²) in [6.07, 6.45) is 8.38. The minimum atomic E-state index is -0.446. The summed E-state index contributed by atoms with van der Waals surface area (Å²) in [7, 11) is 0. The van der Waals surface area contributed by atoms with Crippen LogP contribution in [0.25, 0.3) is 0 Å². The maximum Gasteiger partial charge on any atom is 0.243 e. The smallest absolute Gasteiger partial charge is 0.243 e. The second-order valence-corrected chi connectivity index (χ2v) is 4.49. The molecule has 1 aliphatic rings. The highest BCUT2D eigenvalue weighted by atomic mass is 16.8. The quantitative estimate of drug-likeness (QED) is 0.393. The average Bonchev–Trinajstić information content (AvgIpc) is 2.41. The number of hydrogen-bond donors (Lipinski definition) is 2. The van der Waals surface area contributed by atoms with Gasteiger partial charge in [0.05, 0.1) is 0 Å². The third-order valence-electron chi connectivity index (χ3n) is 2.75. The van der Waals surface area contributed by atoms with Crippen LogP contribution in [0.2, 0.25) is 0 Å². The molecule has 1 unspecified atom stereocenters. The second kappa shape index (κ2) is 9.52. The zero-order valence-electron chi connectivity index (χ0n) is 11.1. The van der Waals surface area contributed by atoms with Crippen molar-refractivity contribution < 1.29 is 19.2 Å². The van der Waals surface area contributed by atoms with Crippen LogP contribution in [0.3, 0.4) is 0 Å². The molecule has 6 heteroatoms. The standard InChI is InChI=1S/C13H22N2O4/c14-11(16)7-3-1-2-4-8-12(17)15-19-13-9-5-6-10-18-13/h3,7,13H,1-2,4-6,8-10H2,(H2,14,16)(H,15,17). The summed E-state index contributed by atoms with van der Waals surface area (Å²) in [5.74, 6) is -0.591. The molecule has 3 N–H and O–H groups in total. The molecule has 0 bridgehead atoms. The van der Waals surface area contributed by atoms with Crippen LogP contribution >= 0.6 is 0 Å². The Bertz CT molecular complexity index is 312. The van der Waals surface area contributed by atoms with Gasteiger partial charge in [0.25, 0.3) is 0 Å². The summed E-state index contributed by atoms with van der Waals surface area (Å²) in [6.45, 7) is 0.687. The third-order valence-corrected chi connectivity index (χ3v) is 2.75. The Balaban J connectivity index is 1.97. The highest BCUT2D eigenvalue weighted by Gasteiger charge is 2.15. The number of carbonyl (C=O) groups excluding carboxylic acids is 2. The second-order valence-electron chi connectivity index (χ2n) is 4.49. The van der Waals surface area contributed by atoms with Crippen molar-refractivity contribution in [3.63, 3.8) is 0 Å². The van der Waals surface area contributed by atoms with E-state index in [-0.39, 0.29) is 12.2 Å². The Morgan fingerprint density at radius 1 is 1.37 bits per heavy atom. The first-order valence-electron chi connectivity index (χ1n) is 6.70. The molecular weight excluding hydrogens is 248 g/mol. The van der Waals surface area contributed by atoms with E-state index in [4.69, 9.17) is 15.3 Å². The van der Waals surface area contributed by atoms with E-state index < -0.39 is 5.91 Å². The number of rotatable bonds is 8. The monoisotopic (exact) mass is 270 g/mol. The first kappa shape index (κ1) is 15.7. The summed E-state index contributed by atoms with van der Waals surface area (Å²) < 4.78 is 5.32. The van der Waals surface area contributed by atoms with Crippen LogP contribution < -0.4 is 11.2 Å². The summed E-state index contributed by atoms with van der Waals surface area (Å²) in [4.78, 5) is 27.0. The molecule has 0 aromatic heterocycles. The predicted octanol–water partition coefficient (Wildman–Crippen LogP) is 1.16. The largest absolute Gasteiger partial charge is 0.366 e. The molecule has 0 aromatic rings. The van der Waals surface area contributed by atoms with Crippen LogP contribution in [0, 0.1) is 0 Å². The van der Waals surface area contributed by atoms with Crippen molar-refractivity contribution in [1.29, 1.82) is 0 Å². The molecule has 2 amide bonds. The highest BCUT2D eigenvalue weighted by Crippen LogP contribution is 2.12. The van der Waals surface area contributed by atoms with E-state index in [0.29, 0.717) is 13.0 Å². The molecule has 1 aliphatic heterocycles. The lowest BCUT2D eigenvalue weighted by Crippen LogP contribution is -2.32. The van der Waals surface area contributed by atoms with Crippen molar-refractivity contribution in [1.82, 2.24) is 5.48 Å². The van der Waals surface area contributed by atoms with E-state index in [1.807, 2.05) is 0 Å². The molecule has 1 rings (SSSR count). The molecule has 0 saturated carbocycles. The first-order chi connectivity index (χ1) is 9.18. The van der Waals surface area contributed by atoms with Crippen molar-refractivity contribution in [3.8, 4) is 0 Å². The van der Waals surface area contributed by atoms with Crippen LogP contribution in [0.1, 0.15) is 44.9 Å². The van der Waals surface area contributed by atoms with E-state index in [9.17, 15) is 9.59 Å². The normalized spacial score (nSPS) is 19.5. The van der Waals surface area contributed by atoms with Crippen molar-refractivity contribution in [2.75, 3.05) is 6.61 Å². The summed E-state index contributed by atoms with van der Waals surface area (Å²) >= 11 is 0. The minimum absolute atomic E-state index is 0.145. The van der Waals surface area contributed by atoms with Crippen molar-refractivity contribution in [2.45, 2.75) is 51.2 Å². The zero-order valence-corrected chi connectivity index (χ0v) is 11.1. The number of nitrogens with one attached hydrogen (secondary N) is 1. The number of amides is 2. The lowest BCUT2D eigenvalue weighted by molar-refractivity contribution is -0.200. The summed E-state index contributed by atoms with van der Waals surface area (Å²) in [6, 6.07) is 0. The van der Waals surface area contributed by atoms with Crippen LogP contribution in [0.15, 0.2) is 12.2 Å². The highest BCUT2D eigenvalue weighted by molar-refractivity contribution is 5.85. The minimum Gasteiger partial charge on any atom is -0.366 e. The molecule has 0 aliphatic carbocycles. The van der Waals surface area contributed by atoms with Gasteiger partial charge in [-0.2, -0.15) is 0 Å². The Kier molecular flexibility index (Phi) is 7.84. The molecule has 1 fully saturated rings. The van der Waals surface area contributed by atoms with Crippen LogP contribution in [-0.2, 0) is 19.2 Å². The molecule has 0 spiro atoms. The fourth-order valence-electron chi connectivity index (χ4n) is 1.73. The molecular formula is C13H22N2O4. The Labute approximate surface area is 113 Å². The molecule has 1 saturated heterocycles. The third kappa shape index (κ3) is 8.34. The molecule has 0 radical (unpaired) electrons. The number of allylic oxidation sites excluding steroid dienone is 1. The van der Waals surface area contributed by atoms with Gasteiger partial charge in [0, 0.05) is 19.4 Å². The summed E-state index contributed by atoms with van der Waals surface area (Å²) in [5.41, 5.74) is 7.35. The SMILES string of the molecule is NC(=O)C=CCCCCC(=O)NOC1CCCCO1. The maximum absolute atomic E-state index is 11.4. The first-order valence-corrected chi connectivity index (χ1v) is 6.70. The molecule has 1 heterocycles. The molecule has 6 nitrogen and oxygen atoms in total. The fraction of sp³-hybridized carbons (Fsp3) is 0.692. The number of carbonyl (C=O) groups is 2. The van der Waals surface area contributed by atoms with E-state index in [2.05, 4.69) is 5.48 Å². The van der Waals surface area contributed by atoms with Gasteiger partial charge in [0.1, 0.15) is 0 Å². The Morgan fingerprint density at radius 3 is 2.89 bits per heavy atom. The van der Waals surface area contributed by atoms with Crippen molar-refractivity contribution in [3.05, 3.63) is 12.2 Å². The lowest BCUT2D eigenvalue weighted by atomic mass is 10.2. The van der Waals surface area contributed by atoms with Gasteiger partial charge in [-0.05, 0) is 38.2 Å². The Morgan fingerprint density at radius 2 is 2.21 bits per heavy atom. The molecule has 1 atom stereocenters. The lowest BCUT2D eigenvalue weighted by Gasteiger charge is -2.22. The van der Waals surface area contributed by atoms with E-state index in [1.54, 1.807) is 6.08 Å². The molecule has 19 heavy (non-hydrogen) atoms. The van der Waals surface area contributed by atoms with Crippen LogP contribution in [-0.4, -0.2) is 24.7 Å². The van der Waals surface area contributed by atoms with Crippen molar-refractivity contribution in [2.24, 2.45) is 5.73 Å². The number of nitrogens with two attached hydrogens (primary N) is 1. The topological polar surface area (TPSA) is 90.7 Å². The predicted molar refractivity (Wildman–Crippen MR) is 69.6 cm³/mol. The van der Waals surface area contributed by atoms with Gasteiger partial charge in [-0.1, -0.05) is 6.08 Å². The zero-order chi connectivity index (χ0) is 13.9. The number of hydroxylamine groups is 1. The van der Waals surface area contributed by atoms with Gasteiger partial charge < -0.3 is 10.5 Å². The summed E-state index contributed by atoms with van der Waals surface area (Å²) in [5, 5.41) is 0. The van der Waals surface area contributed by atoms with Gasteiger partial charge >= 0.3 is 0 Å². The van der Waals surface area contributed by atoms with Gasteiger partial charge in [-0.15, -0.1) is 0 Å². The van der Waals surface area contributed by atoms with E-state index >= 15 is 0 Å². The maximum atomic E-state index is 11.4. The fourth-order valence-corrected chi connectivity index (χ4v) is 1.73. The average molecular weight is 270 g/mol. The van der Waals surface area contributed by atoms with Gasteiger partial charge in [-0.25, -0.2) is 10.3 Å². The number of ether oxygens (including phenoxy) is 1. The van der Waals surface area contributed by atoms with E-state index in [1.165, 1.54) is 6.08 Å². The Hall–Kier alpha value is -1.40. The van der Waals surface area contributed by atoms with Gasteiger partial charge in [-0.3, -0.25) is 9.59 Å². The van der Waals surface area contributed by atoms with Crippen molar-refractivity contribution >= 4 is 11.8 Å². The van der Waals surface area contributed by atoms with Gasteiger partial charge in [0.15, 0.2) is 6.29 Å². The number of unbranched alkanes of at least 4 members (excludes halogenated alkanes) is 2. The number of hydrogen-bond acceptors (Lipinski definition) is 4. The van der Waals surface area contributed by atoms with Crippen LogP contribution in [0.4, 0.5) is 0 Å². The van der Waals surface area contributed by atoms with E-state index in [0.717, 1.165) is 38.5 Å². The van der Waals surface area contributed by atoms with Gasteiger partial charge in [0.2, 0.25) is 11.8 Å². The van der Waals surface area contributed by atoms with Crippen LogP contribution in [0.5, 0.6) is 0 Å². The molecule has 0 aromatic carbocycles. The molecule has 108 valence electrons. The number of primary amides is 1.